The number of amides is 1. The molecule has 35 heavy (non-hydrogen) atoms. The summed E-state index contributed by atoms with van der Waals surface area (Å²) in [6, 6.07) is 16.3. The second-order valence-electron chi connectivity index (χ2n) is 7.32. The number of nitrogens with zero attached hydrogens (tertiary/aromatic N) is 3. The molecule has 1 amide bonds. The van der Waals surface area contributed by atoms with Gasteiger partial charge in [-0.1, -0.05) is 18.2 Å². The van der Waals surface area contributed by atoms with Crippen LogP contribution < -0.4 is 19.5 Å². The average molecular weight is 474 g/mol. The number of carbonyl (C=O) groups is 2. The van der Waals surface area contributed by atoms with Gasteiger partial charge in [-0.25, -0.2) is 9.78 Å². The Morgan fingerprint density at radius 1 is 0.943 bits per heavy atom. The number of ether oxygens (including phenoxy) is 3. The van der Waals surface area contributed by atoms with Crippen LogP contribution in [-0.2, 0) is 0 Å². The molecule has 1 atom stereocenters. The van der Waals surface area contributed by atoms with Crippen molar-refractivity contribution >= 4 is 11.9 Å². The van der Waals surface area contributed by atoms with Gasteiger partial charge in [-0.05, 0) is 43.3 Å². The van der Waals surface area contributed by atoms with Crippen molar-refractivity contribution in [3.63, 3.8) is 0 Å². The molecule has 0 radical (unpaired) electrons. The molecule has 0 aliphatic rings. The molecule has 0 saturated heterocycles. The molecule has 0 aliphatic carbocycles. The maximum atomic E-state index is 13.1. The minimum absolute atomic E-state index is 0.0991. The summed E-state index contributed by atoms with van der Waals surface area (Å²) in [6.07, 6.45) is 1.38. The number of hydrogen-bond acceptors (Lipinski definition) is 9. The van der Waals surface area contributed by atoms with Crippen molar-refractivity contribution in [2.45, 2.75) is 13.0 Å². The Balaban J connectivity index is 1.52. The number of carbonyl (C=O) groups excluding carboxylic acids is 2. The molecule has 178 valence electrons. The second-order valence-corrected chi connectivity index (χ2v) is 7.32. The van der Waals surface area contributed by atoms with Crippen LogP contribution in [0, 0.1) is 0 Å². The van der Waals surface area contributed by atoms with Crippen molar-refractivity contribution in [3.8, 4) is 28.7 Å². The Hall–Kier alpha value is -4.73. The maximum absolute atomic E-state index is 13.1. The standard InChI is InChI=1S/C25H22N4O6/c1-15(23-28-29-24(35-23)16-9-11-18(32-2)12-10-16)27-22(30)20-21(19(33-3)13-14-26-20)34-25(31)17-7-5-4-6-8-17/h4-15H,1-3H3,(H,27,30)/t15-/m0/s1. The van der Waals surface area contributed by atoms with Gasteiger partial charge in [0.2, 0.25) is 17.5 Å². The monoisotopic (exact) mass is 474 g/mol. The fourth-order valence-electron chi connectivity index (χ4n) is 3.16. The van der Waals surface area contributed by atoms with E-state index >= 15 is 0 Å². The van der Waals surface area contributed by atoms with Crippen LogP contribution in [0.3, 0.4) is 0 Å². The van der Waals surface area contributed by atoms with Crippen molar-refractivity contribution in [1.82, 2.24) is 20.5 Å². The zero-order chi connectivity index (χ0) is 24.8. The lowest BCUT2D eigenvalue weighted by Gasteiger charge is -2.14. The lowest BCUT2D eigenvalue weighted by molar-refractivity contribution is 0.0725. The topological polar surface area (TPSA) is 126 Å². The summed E-state index contributed by atoms with van der Waals surface area (Å²) in [4.78, 5) is 29.8. The van der Waals surface area contributed by atoms with Gasteiger partial charge in [0, 0.05) is 17.8 Å². The summed E-state index contributed by atoms with van der Waals surface area (Å²) in [5.74, 6) is -0.00419. The van der Waals surface area contributed by atoms with Crippen molar-refractivity contribution in [2.75, 3.05) is 14.2 Å². The molecule has 0 spiro atoms. The minimum Gasteiger partial charge on any atom is -0.497 e. The molecule has 10 heteroatoms. The molecule has 0 unspecified atom stereocenters. The van der Waals surface area contributed by atoms with Crippen molar-refractivity contribution in [1.29, 1.82) is 0 Å². The molecule has 10 nitrogen and oxygen atoms in total. The van der Waals surface area contributed by atoms with Crippen LogP contribution in [0.2, 0.25) is 0 Å². The number of rotatable bonds is 8. The molecule has 4 aromatic rings. The van der Waals surface area contributed by atoms with Crippen LogP contribution in [0.5, 0.6) is 17.2 Å². The molecule has 0 fully saturated rings. The van der Waals surface area contributed by atoms with Crippen molar-refractivity contribution in [3.05, 3.63) is 84.0 Å². The van der Waals surface area contributed by atoms with E-state index in [1.165, 1.54) is 19.4 Å². The number of hydrogen-bond donors (Lipinski definition) is 1. The summed E-state index contributed by atoms with van der Waals surface area (Å²) in [5, 5.41) is 10.8. The highest BCUT2D eigenvalue weighted by molar-refractivity contribution is 5.98. The van der Waals surface area contributed by atoms with Crippen LogP contribution in [0.25, 0.3) is 11.5 Å². The molecule has 2 aromatic heterocycles. The van der Waals surface area contributed by atoms with E-state index in [0.717, 1.165) is 0 Å². The van der Waals surface area contributed by atoms with E-state index in [1.807, 2.05) is 0 Å². The largest absolute Gasteiger partial charge is 0.497 e. The Kier molecular flexibility index (Phi) is 7.01. The first kappa shape index (κ1) is 23.4. The minimum atomic E-state index is -0.660. The predicted molar refractivity (Wildman–Crippen MR) is 124 cm³/mol. The van der Waals surface area contributed by atoms with Gasteiger partial charge in [0.05, 0.1) is 19.8 Å². The van der Waals surface area contributed by atoms with Gasteiger partial charge < -0.3 is 23.9 Å². The number of aromatic nitrogens is 3. The van der Waals surface area contributed by atoms with Gasteiger partial charge in [0.1, 0.15) is 11.8 Å². The highest BCUT2D eigenvalue weighted by Crippen LogP contribution is 2.31. The summed E-state index contributed by atoms with van der Waals surface area (Å²) in [5.41, 5.74) is 0.887. The Bertz CT molecular complexity index is 1320. The Morgan fingerprint density at radius 3 is 2.37 bits per heavy atom. The summed E-state index contributed by atoms with van der Waals surface area (Å²) < 4.78 is 21.7. The van der Waals surface area contributed by atoms with Gasteiger partial charge in [-0.15, -0.1) is 10.2 Å². The van der Waals surface area contributed by atoms with E-state index in [9.17, 15) is 9.59 Å². The van der Waals surface area contributed by atoms with E-state index in [0.29, 0.717) is 22.8 Å². The molecular formula is C25H22N4O6. The highest BCUT2D eigenvalue weighted by Gasteiger charge is 2.25. The molecule has 0 aliphatic heterocycles. The van der Waals surface area contributed by atoms with E-state index in [4.69, 9.17) is 18.6 Å². The van der Waals surface area contributed by atoms with Gasteiger partial charge in [-0.3, -0.25) is 4.79 Å². The molecule has 0 bridgehead atoms. The molecule has 1 N–H and O–H groups in total. The normalized spacial score (nSPS) is 11.4. The number of benzene rings is 2. The first-order valence-electron chi connectivity index (χ1n) is 10.6. The quantitative estimate of drug-likeness (QED) is 0.379. The summed E-state index contributed by atoms with van der Waals surface area (Å²) in [7, 11) is 2.98. The third-order valence-electron chi connectivity index (χ3n) is 5.00. The SMILES string of the molecule is COc1ccc(-c2nnc([C@H](C)NC(=O)c3nccc(OC)c3OC(=O)c3ccccc3)o2)cc1. The van der Waals surface area contributed by atoms with E-state index < -0.39 is 17.9 Å². The highest BCUT2D eigenvalue weighted by atomic mass is 16.6. The maximum Gasteiger partial charge on any atom is 0.343 e. The summed E-state index contributed by atoms with van der Waals surface area (Å²) >= 11 is 0. The van der Waals surface area contributed by atoms with Gasteiger partial charge >= 0.3 is 5.97 Å². The molecular weight excluding hydrogens is 452 g/mol. The van der Waals surface area contributed by atoms with Crippen LogP contribution in [0.15, 0.2) is 71.3 Å². The smallest absolute Gasteiger partial charge is 0.343 e. The van der Waals surface area contributed by atoms with Gasteiger partial charge in [0.15, 0.2) is 11.4 Å². The van der Waals surface area contributed by atoms with Gasteiger partial charge in [0.25, 0.3) is 5.91 Å². The zero-order valence-electron chi connectivity index (χ0n) is 19.2. The van der Waals surface area contributed by atoms with Crippen LogP contribution in [-0.4, -0.2) is 41.3 Å². The lowest BCUT2D eigenvalue weighted by Crippen LogP contribution is -2.28. The fourth-order valence-corrected chi connectivity index (χ4v) is 3.16. The number of esters is 1. The van der Waals surface area contributed by atoms with Crippen molar-refractivity contribution in [2.24, 2.45) is 0 Å². The number of methoxy groups -OCH3 is 2. The average Bonchev–Trinajstić information content (AvgIpc) is 3.40. The Morgan fingerprint density at radius 2 is 1.69 bits per heavy atom. The predicted octanol–water partition coefficient (Wildman–Crippen LogP) is 3.86. The fraction of sp³-hybridized carbons (Fsp3) is 0.160. The van der Waals surface area contributed by atoms with E-state index in [-0.39, 0.29) is 23.1 Å². The van der Waals surface area contributed by atoms with Crippen LogP contribution in [0.1, 0.15) is 39.7 Å². The van der Waals surface area contributed by atoms with E-state index in [2.05, 4.69) is 20.5 Å². The number of pyridine rings is 1. The first-order valence-corrected chi connectivity index (χ1v) is 10.6. The molecule has 2 heterocycles. The second kappa shape index (κ2) is 10.5. The van der Waals surface area contributed by atoms with E-state index in [1.54, 1.807) is 68.6 Å². The summed E-state index contributed by atoms with van der Waals surface area (Å²) in [6.45, 7) is 1.68. The van der Waals surface area contributed by atoms with Crippen LogP contribution in [0.4, 0.5) is 0 Å². The third-order valence-corrected chi connectivity index (χ3v) is 5.00. The molecule has 0 saturated carbocycles. The number of nitrogens with one attached hydrogen (secondary N) is 1. The third kappa shape index (κ3) is 5.27. The Labute approximate surface area is 200 Å². The zero-order valence-corrected chi connectivity index (χ0v) is 19.2. The molecule has 2 aromatic carbocycles. The van der Waals surface area contributed by atoms with Gasteiger partial charge in [-0.2, -0.15) is 0 Å². The molecule has 4 rings (SSSR count). The first-order chi connectivity index (χ1) is 17.0. The van der Waals surface area contributed by atoms with Crippen LogP contribution >= 0.6 is 0 Å². The van der Waals surface area contributed by atoms with Crippen molar-refractivity contribution < 1.29 is 28.2 Å². The lowest BCUT2D eigenvalue weighted by atomic mass is 10.2.